The second-order valence-electron chi connectivity index (χ2n) is 4.78. The smallest absolute Gasteiger partial charge is 0.277 e. The second kappa shape index (κ2) is 6.89. The van der Waals surface area contributed by atoms with Gasteiger partial charge >= 0.3 is 0 Å². The number of aryl methyl sites for hydroxylation is 2. The summed E-state index contributed by atoms with van der Waals surface area (Å²) in [5, 5.41) is 3.99. The summed E-state index contributed by atoms with van der Waals surface area (Å²) in [5.41, 5.74) is 3.81. The molecule has 0 radical (unpaired) electrons. The fraction of sp³-hybridized carbons (Fsp3) is 0.250. The molecule has 1 aromatic heterocycles. The van der Waals surface area contributed by atoms with Crippen molar-refractivity contribution in [1.29, 1.82) is 0 Å². The van der Waals surface area contributed by atoms with Gasteiger partial charge in [0, 0.05) is 5.56 Å². The van der Waals surface area contributed by atoms with E-state index < -0.39 is 11.7 Å². The van der Waals surface area contributed by atoms with Gasteiger partial charge in [0.05, 0.1) is 5.71 Å². The van der Waals surface area contributed by atoms with Crippen molar-refractivity contribution in [2.75, 3.05) is 6.61 Å². The number of ether oxygens (including phenoxy) is 1. The van der Waals surface area contributed by atoms with E-state index in [4.69, 9.17) is 9.15 Å². The van der Waals surface area contributed by atoms with Crippen LogP contribution in [0, 0.1) is 19.7 Å². The minimum atomic E-state index is -0.514. The van der Waals surface area contributed by atoms with Crippen molar-refractivity contribution >= 4 is 11.6 Å². The van der Waals surface area contributed by atoms with Gasteiger partial charge in [0.1, 0.15) is 11.5 Å². The second-order valence-corrected chi connectivity index (χ2v) is 4.78. The van der Waals surface area contributed by atoms with Crippen LogP contribution in [0.15, 0.2) is 39.9 Å². The van der Waals surface area contributed by atoms with Crippen LogP contribution in [0.4, 0.5) is 4.39 Å². The molecule has 22 heavy (non-hydrogen) atoms. The average Bonchev–Trinajstić information content (AvgIpc) is 2.82. The van der Waals surface area contributed by atoms with E-state index in [9.17, 15) is 9.18 Å². The van der Waals surface area contributed by atoms with E-state index in [1.54, 1.807) is 19.1 Å². The maximum absolute atomic E-state index is 13.3. The summed E-state index contributed by atoms with van der Waals surface area (Å²) in [7, 11) is 0. The molecule has 5 nitrogen and oxygen atoms in total. The van der Waals surface area contributed by atoms with E-state index >= 15 is 0 Å². The first-order valence-electron chi connectivity index (χ1n) is 6.75. The summed E-state index contributed by atoms with van der Waals surface area (Å²) >= 11 is 0. The Labute approximate surface area is 127 Å². The highest BCUT2D eigenvalue weighted by molar-refractivity contribution is 6.00. The molecule has 0 saturated carbocycles. The Kier molecular flexibility index (Phi) is 4.93. The Morgan fingerprint density at radius 1 is 1.36 bits per heavy atom. The van der Waals surface area contributed by atoms with Gasteiger partial charge in [-0.05, 0) is 39.0 Å². The van der Waals surface area contributed by atoms with E-state index in [0.29, 0.717) is 5.71 Å². The monoisotopic (exact) mass is 304 g/mol. The molecule has 1 aromatic carbocycles. The van der Waals surface area contributed by atoms with Crippen molar-refractivity contribution in [2.24, 2.45) is 5.10 Å². The largest absolute Gasteiger partial charge is 0.481 e. The molecule has 6 heteroatoms. The zero-order valence-electron chi connectivity index (χ0n) is 12.6. The number of carbonyl (C=O) groups is 1. The molecule has 2 aromatic rings. The molecule has 0 aliphatic rings. The topological polar surface area (TPSA) is 63.8 Å². The number of nitrogens with zero attached hydrogens (tertiary/aromatic N) is 1. The van der Waals surface area contributed by atoms with Gasteiger partial charge in [0.2, 0.25) is 0 Å². The van der Waals surface area contributed by atoms with Gasteiger partial charge in [-0.25, -0.2) is 9.82 Å². The summed E-state index contributed by atoms with van der Waals surface area (Å²) in [4.78, 5) is 11.7. The number of hydrazone groups is 1. The summed E-state index contributed by atoms with van der Waals surface area (Å²) in [6, 6.07) is 7.73. The molecule has 1 amide bonds. The predicted octanol–water partition coefficient (Wildman–Crippen LogP) is 2.95. The Balaban J connectivity index is 1.91. The highest BCUT2D eigenvalue weighted by Crippen LogP contribution is 2.15. The summed E-state index contributed by atoms with van der Waals surface area (Å²) in [6.07, 6.45) is 0. The predicted molar refractivity (Wildman–Crippen MR) is 80.4 cm³/mol. The lowest BCUT2D eigenvalue weighted by atomic mass is 10.2. The molecule has 0 unspecified atom stereocenters. The van der Waals surface area contributed by atoms with Gasteiger partial charge < -0.3 is 9.15 Å². The number of amides is 1. The van der Waals surface area contributed by atoms with Crippen molar-refractivity contribution in [3.8, 4) is 5.75 Å². The first-order valence-corrected chi connectivity index (χ1v) is 6.75. The number of benzene rings is 1. The van der Waals surface area contributed by atoms with Gasteiger partial charge in [-0.3, -0.25) is 4.79 Å². The van der Waals surface area contributed by atoms with Crippen LogP contribution < -0.4 is 10.2 Å². The van der Waals surface area contributed by atoms with Gasteiger partial charge in [0.15, 0.2) is 18.2 Å². The number of halogens is 1. The molecule has 116 valence electrons. The molecule has 1 heterocycles. The van der Waals surface area contributed by atoms with Crippen LogP contribution >= 0.6 is 0 Å². The third kappa shape index (κ3) is 3.94. The van der Waals surface area contributed by atoms with Crippen molar-refractivity contribution in [1.82, 2.24) is 5.43 Å². The SMILES string of the molecule is C/C(=N/NC(=O)COc1ccccc1F)c1cc(C)oc1C. The lowest BCUT2D eigenvalue weighted by Crippen LogP contribution is -2.25. The quantitative estimate of drug-likeness (QED) is 0.682. The summed E-state index contributed by atoms with van der Waals surface area (Å²) in [6.45, 7) is 5.10. The number of hydrogen-bond donors (Lipinski definition) is 1. The Morgan fingerprint density at radius 2 is 2.09 bits per heavy atom. The van der Waals surface area contributed by atoms with Crippen molar-refractivity contribution < 1.29 is 18.3 Å². The highest BCUT2D eigenvalue weighted by Gasteiger charge is 2.09. The number of nitrogens with one attached hydrogen (secondary N) is 1. The standard InChI is InChI=1S/C16H17FN2O3/c1-10-8-13(12(3)22-10)11(2)18-19-16(20)9-21-15-7-5-4-6-14(15)17/h4-8H,9H2,1-3H3,(H,19,20)/b18-11-. The van der Waals surface area contributed by atoms with E-state index in [1.165, 1.54) is 12.1 Å². The van der Waals surface area contributed by atoms with Crippen LogP contribution in [-0.2, 0) is 4.79 Å². The Morgan fingerprint density at radius 3 is 2.73 bits per heavy atom. The molecule has 1 N–H and O–H groups in total. The summed E-state index contributed by atoms with van der Waals surface area (Å²) < 4.78 is 23.8. The molecule has 2 rings (SSSR count). The third-order valence-electron chi connectivity index (χ3n) is 2.97. The van der Waals surface area contributed by atoms with Gasteiger partial charge in [-0.2, -0.15) is 5.10 Å². The number of hydrogen-bond acceptors (Lipinski definition) is 4. The zero-order chi connectivity index (χ0) is 16.1. The fourth-order valence-corrected chi connectivity index (χ4v) is 1.93. The fourth-order valence-electron chi connectivity index (χ4n) is 1.93. The molecule has 0 saturated heterocycles. The van der Waals surface area contributed by atoms with Crippen molar-refractivity contribution in [3.63, 3.8) is 0 Å². The van der Waals surface area contributed by atoms with Crippen LogP contribution in [0.5, 0.6) is 5.75 Å². The van der Waals surface area contributed by atoms with Crippen molar-refractivity contribution in [3.05, 3.63) is 53.2 Å². The lowest BCUT2D eigenvalue weighted by Gasteiger charge is -2.06. The molecule has 0 bridgehead atoms. The molecule has 0 aliphatic carbocycles. The first kappa shape index (κ1) is 15.8. The molecule has 0 aliphatic heterocycles. The van der Waals surface area contributed by atoms with E-state index in [2.05, 4.69) is 10.5 Å². The molecule has 0 atom stereocenters. The average molecular weight is 304 g/mol. The van der Waals surface area contributed by atoms with Crippen LogP contribution in [0.2, 0.25) is 0 Å². The number of para-hydroxylation sites is 1. The molecular weight excluding hydrogens is 287 g/mol. The van der Waals surface area contributed by atoms with E-state index in [0.717, 1.165) is 17.1 Å². The summed E-state index contributed by atoms with van der Waals surface area (Å²) in [5.74, 6) is 0.548. The highest BCUT2D eigenvalue weighted by atomic mass is 19.1. The number of carbonyl (C=O) groups excluding carboxylic acids is 1. The minimum Gasteiger partial charge on any atom is -0.481 e. The lowest BCUT2D eigenvalue weighted by molar-refractivity contribution is -0.123. The molecule has 0 fully saturated rings. The van der Waals surface area contributed by atoms with Gasteiger partial charge in [-0.15, -0.1) is 0 Å². The van der Waals surface area contributed by atoms with Gasteiger partial charge in [-0.1, -0.05) is 12.1 Å². The number of furan rings is 1. The maximum atomic E-state index is 13.3. The van der Waals surface area contributed by atoms with E-state index in [1.807, 2.05) is 19.9 Å². The minimum absolute atomic E-state index is 0.0275. The van der Waals surface area contributed by atoms with E-state index in [-0.39, 0.29) is 12.4 Å². The molecular formula is C16H17FN2O3. The third-order valence-corrected chi connectivity index (χ3v) is 2.97. The molecule has 0 spiro atoms. The van der Waals surface area contributed by atoms with Gasteiger partial charge in [0.25, 0.3) is 5.91 Å². The first-order chi connectivity index (χ1) is 10.5. The van der Waals surface area contributed by atoms with Crippen LogP contribution in [0.1, 0.15) is 24.0 Å². The zero-order valence-corrected chi connectivity index (χ0v) is 12.6. The Hall–Kier alpha value is -2.63. The number of rotatable bonds is 5. The van der Waals surface area contributed by atoms with Crippen LogP contribution in [-0.4, -0.2) is 18.2 Å². The Bertz CT molecular complexity index is 707. The van der Waals surface area contributed by atoms with Crippen LogP contribution in [0.3, 0.4) is 0 Å². The maximum Gasteiger partial charge on any atom is 0.277 e. The van der Waals surface area contributed by atoms with Crippen molar-refractivity contribution in [2.45, 2.75) is 20.8 Å². The normalized spacial score (nSPS) is 11.4. The van der Waals surface area contributed by atoms with Crippen LogP contribution in [0.25, 0.3) is 0 Å².